The molecular formula is C41H44N6O4. The number of carbonyl (C=O) groups is 4. The van der Waals surface area contributed by atoms with Gasteiger partial charge >= 0.3 is 0 Å². The first-order chi connectivity index (χ1) is 24.8. The first kappa shape index (κ1) is 35.1. The Morgan fingerprint density at radius 2 is 1.18 bits per heavy atom. The van der Waals surface area contributed by atoms with Gasteiger partial charge in [0.25, 0.3) is 0 Å². The molecule has 6 rings (SSSR count). The fourth-order valence-corrected chi connectivity index (χ4v) is 6.63. The Hall–Kier alpha value is -5.74. The van der Waals surface area contributed by atoms with Crippen molar-refractivity contribution in [2.45, 2.75) is 50.2 Å². The Balaban J connectivity index is 1.25. The van der Waals surface area contributed by atoms with E-state index < -0.39 is 35.8 Å². The molecule has 1 saturated heterocycles. The Labute approximate surface area is 297 Å². The summed E-state index contributed by atoms with van der Waals surface area (Å²) in [5, 5.41) is 13.0. The molecule has 5 aromatic rings. The lowest BCUT2D eigenvalue weighted by atomic mass is 9.95. The van der Waals surface area contributed by atoms with E-state index in [1.165, 1.54) is 0 Å². The molecule has 0 aliphatic carbocycles. The van der Waals surface area contributed by atoms with Crippen LogP contribution in [0.1, 0.15) is 29.5 Å². The van der Waals surface area contributed by atoms with Gasteiger partial charge in [0.2, 0.25) is 23.6 Å². The zero-order chi connectivity index (χ0) is 35.6. The van der Waals surface area contributed by atoms with Crippen LogP contribution in [0.25, 0.3) is 22.0 Å². The molecule has 2 heterocycles. The SMILES string of the molecule is NC(=O)[C@H](Cc1ccccc1)NC(=O)[C@@H](Cc1c[nH]c2ccccc12)NC(=O)[C@@H](Cc1ccc(-c2ccccc2)cc1)NC(=O)C1CCNCC1. The zero-order valence-corrected chi connectivity index (χ0v) is 28.4. The maximum absolute atomic E-state index is 14.3. The van der Waals surface area contributed by atoms with Gasteiger partial charge in [-0.1, -0.05) is 103 Å². The summed E-state index contributed by atoms with van der Waals surface area (Å²) in [7, 11) is 0. The number of carbonyl (C=O) groups excluding carboxylic acids is 4. The van der Waals surface area contributed by atoms with Gasteiger partial charge in [-0.05, 0) is 59.8 Å². The number of rotatable bonds is 14. The van der Waals surface area contributed by atoms with Crippen LogP contribution in [0.5, 0.6) is 0 Å². The molecule has 0 saturated carbocycles. The molecule has 7 N–H and O–H groups in total. The van der Waals surface area contributed by atoms with E-state index in [1.807, 2.05) is 115 Å². The highest BCUT2D eigenvalue weighted by atomic mass is 16.2. The van der Waals surface area contributed by atoms with Crippen LogP contribution in [-0.2, 0) is 38.4 Å². The molecule has 10 nitrogen and oxygen atoms in total. The van der Waals surface area contributed by atoms with Gasteiger partial charge in [0, 0.05) is 42.3 Å². The van der Waals surface area contributed by atoms with E-state index >= 15 is 0 Å². The molecule has 51 heavy (non-hydrogen) atoms. The summed E-state index contributed by atoms with van der Waals surface area (Å²) >= 11 is 0. The first-order valence-electron chi connectivity index (χ1n) is 17.5. The average Bonchev–Trinajstić information content (AvgIpc) is 3.57. The Morgan fingerprint density at radius 1 is 0.627 bits per heavy atom. The summed E-state index contributed by atoms with van der Waals surface area (Å²) in [6.07, 6.45) is 3.72. The predicted octanol–water partition coefficient (Wildman–Crippen LogP) is 3.80. The molecule has 1 aromatic heterocycles. The van der Waals surface area contributed by atoms with E-state index in [0.717, 1.165) is 51.8 Å². The number of hydrogen-bond acceptors (Lipinski definition) is 5. The molecular weight excluding hydrogens is 640 g/mol. The minimum atomic E-state index is -1.08. The molecule has 262 valence electrons. The van der Waals surface area contributed by atoms with Gasteiger partial charge in [-0.3, -0.25) is 19.2 Å². The van der Waals surface area contributed by atoms with E-state index in [1.54, 1.807) is 0 Å². The van der Waals surface area contributed by atoms with Gasteiger partial charge in [-0.2, -0.15) is 0 Å². The maximum atomic E-state index is 14.3. The van der Waals surface area contributed by atoms with Crippen molar-refractivity contribution in [1.82, 2.24) is 26.3 Å². The van der Waals surface area contributed by atoms with Crippen molar-refractivity contribution in [3.8, 4) is 11.1 Å². The normalized spacial score (nSPS) is 15.0. The van der Waals surface area contributed by atoms with Crippen LogP contribution in [0.2, 0.25) is 0 Å². The Kier molecular flexibility index (Phi) is 11.5. The van der Waals surface area contributed by atoms with Crippen molar-refractivity contribution in [1.29, 1.82) is 0 Å². The average molecular weight is 685 g/mol. The van der Waals surface area contributed by atoms with E-state index in [2.05, 4.69) is 26.3 Å². The van der Waals surface area contributed by atoms with E-state index in [0.29, 0.717) is 12.8 Å². The van der Waals surface area contributed by atoms with E-state index in [4.69, 9.17) is 5.73 Å². The summed E-state index contributed by atoms with van der Waals surface area (Å²) < 4.78 is 0. The summed E-state index contributed by atoms with van der Waals surface area (Å²) in [4.78, 5) is 57.6. The monoisotopic (exact) mass is 684 g/mol. The lowest BCUT2D eigenvalue weighted by Crippen LogP contribution is -2.58. The zero-order valence-electron chi connectivity index (χ0n) is 28.4. The number of fused-ring (bicyclic) bond motifs is 1. The Morgan fingerprint density at radius 3 is 1.86 bits per heavy atom. The van der Waals surface area contributed by atoms with Crippen molar-refractivity contribution in [3.63, 3.8) is 0 Å². The molecule has 1 aliphatic heterocycles. The molecule has 1 fully saturated rings. The standard InChI is InChI=1S/C41H44N6O4/c42-38(48)35(23-27-9-3-1-4-10-27)45-41(51)37(25-32-26-44-34-14-8-7-13-33(32)34)47-40(50)36(46-39(49)31-19-21-43-22-20-31)24-28-15-17-30(18-16-28)29-11-5-2-6-12-29/h1-18,26,31,35-37,43-44H,19-25H2,(H2,42,48)(H,45,51)(H,46,49)(H,47,50)/t35-,36+,37+/m0/s1. The fraction of sp³-hybridized carbons (Fsp3) is 0.268. The van der Waals surface area contributed by atoms with Crippen LogP contribution in [0.3, 0.4) is 0 Å². The summed E-state index contributed by atoms with van der Waals surface area (Å²) in [6, 6.07) is 31.9. The van der Waals surface area contributed by atoms with E-state index in [9.17, 15) is 19.2 Å². The van der Waals surface area contributed by atoms with Crippen LogP contribution >= 0.6 is 0 Å². The van der Waals surface area contributed by atoms with Crippen LogP contribution in [0.15, 0.2) is 115 Å². The van der Waals surface area contributed by atoms with Crippen molar-refractivity contribution < 1.29 is 19.2 Å². The van der Waals surface area contributed by atoms with Gasteiger partial charge < -0.3 is 32.0 Å². The number of piperidine rings is 1. The fourth-order valence-electron chi connectivity index (χ4n) is 6.63. The molecule has 4 amide bonds. The highest BCUT2D eigenvalue weighted by Crippen LogP contribution is 2.22. The predicted molar refractivity (Wildman–Crippen MR) is 198 cm³/mol. The van der Waals surface area contributed by atoms with Gasteiger partial charge in [-0.25, -0.2) is 0 Å². The molecule has 0 radical (unpaired) electrons. The molecule has 0 unspecified atom stereocenters. The van der Waals surface area contributed by atoms with Crippen LogP contribution in [0, 0.1) is 5.92 Å². The molecule has 0 bridgehead atoms. The number of hydrogen-bond donors (Lipinski definition) is 6. The van der Waals surface area contributed by atoms with Crippen molar-refractivity contribution in [3.05, 3.63) is 132 Å². The summed E-state index contributed by atoms with van der Waals surface area (Å²) in [6.45, 7) is 1.46. The molecule has 0 spiro atoms. The number of aromatic nitrogens is 1. The quantitative estimate of drug-likeness (QED) is 0.105. The Bertz CT molecular complexity index is 1940. The largest absolute Gasteiger partial charge is 0.368 e. The lowest BCUT2D eigenvalue weighted by molar-refractivity contribution is -0.134. The van der Waals surface area contributed by atoms with Gasteiger partial charge in [0.15, 0.2) is 0 Å². The van der Waals surface area contributed by atoms with E-state index in [-0.39, 0.29) is 31.1 Å². The number of amides is 4. The second kappa shape index (κ2) is 16.8. The topological polar surface area (TPSA) is 158 Å². The second-order valence-electron chi connectivity index (χ2n) is 13.1. The highest BCUT2D eigenvalue weighted by molar-refractivity contribution is 5.95. The van der Waals surface area contributed by atoms with Crippen LogP contribution in [0.4, 0.5) is 0 Å². The summed E-state index contributed by atoms with van der Waals surface area (Å²) in [5.41, 5.74) is 11.3. The number of para-hydroxylation sites is 1. The molecule has 10 heteroatoms. The number of nitrogens with two attached hydrogens (primary N) is 1. The third-order valence-corrected chi connectivity index (χ3v) is 9.52. The first-order valence-corrected chi connectivity index (χ1v) is 17.5. The number of nitrogens with one attached hydrogen (secondary N) is 5. The van der Waals surface area contributed by atoms with Crippen LogP contribution in [-0.4, -0.2) is 59.8 Å². The maximum Gasteiger partial charge on any atom is 0.243 e. The smallest absolute Gasteiger partial charge is 0.243 e. The highest BCUT2D eigenvalue weighted by Gasteiger charge is 2.32. The number of aromatic amines is 1. The minimum absolute atomic E-state index is 0.138. The molecule has 3 atom stereocenters. The van der Waals surface area contributed by atoms with Crippen molar-refractivity contribution in [2.24, 2.45) is 11.7 Å². The van der Waals surface area contributed by atoms with Gasteiger partial charge in [0.05, 0.1) is 0 Å². The third kappa shape index (κ3) is 9.29. The third-order valence-electron chi connectivity index (χ3n) is 9.52. The summed E-state index contributed by atoms with van der Waals surface area (Å²) in [5.74, 6) is -2.14. The number of benzene rings is 4. The molecule has 4 aromatic carbocycles. The second-order valence-corrected chi connectivity index (χ2v) is 13.1. The van der Waals surface area contributed by atoms with Crippen molar-refractivity contribution >= 4 is 34.5 Å². The lowest BCUT2D eigenvalue weighted by Gasteiger charge is -2.27. The number of H-pyrrole nitrogens is 1. The van der Waals surface area contributed by atoms with Gasteiger partial charge in [-0.15, -0.1) is 0 Å². The van der Waals surface area contributed by atoms with Crippen molar-refractivity contribution in [2.75, 3.05) is 13.1 Å². The van der Waals surface area contributed by atoms with Crippen LogP contribution < -0.4 is 27.0 Å². The number of primary amides is 1. The van der Waals surface area contributed by atoms with Gasteiger partial charge in [0.1, 0.15) is 18.1 Å². The molecule has 1 aliphatic rings. The minimum Gasteiger partial charge on any atom is -0.368 e.